The number of halogens is 1. The van der Waals surface area contributed by atoms with Crippen molar-refractivity contribution in [3.05, 3.63) is 65.5 Å². The first-order chi connectivity index (χ1) is 13.2. The van der Waals surface area contributed by atoms with E-state index in [1.807, 2.05) is 24.3 Å². The van der Waals surface area contributed by atoms with Gasteiger partial charge in [-0.25, -0.2) is 4.39 Å². The highest BCUT2D eigenvalue weighted by atomic mass is 19.1. The molecule has 1 heterocycles. The summed E-state index contributed by atoms with van der Waals surface area (Å²) in [6, 6.07) is 14.6. The van der Waals surface area contributed by atoms with Crippen molar-refractivity contribution < 1.29 is 13.9 Å². The van der Waals surface area contributed by atoms with Crippen LogP contribution in [0.3, 0.4) is 0 Å². The SMILES string of the molecule is O=C(NC[C@@H]1COc2ccccc2C1)C1(c2cccc(F)c2)CCCCC1. The number of carbonyl (C=O) groups is 1. The molecule has 0 radical (unpaired) electrons. The third-order valence-electron chi connectivity index (χ3n) is 6.03. The summed E-state index contributed by atoms with van der Waals surface area (Å²) in [5.74, 6) is 0.967. The average Bonchev–Trinajstić information content (AvgIpc) is 2.72. The van der Waals surface area contributed by atoms with Crippen molar-refractivity contribution in [2.45, 2.75) is 43.9 Å². The number of carbonyl (C=O) groups excluding carboxylic acids is 1. The Hall–Kier alpha value is -2.36. The lowest BCUT2D eigenvalue weighted by Crippen LogP contribution is -2.48. The number of hydrogen-bond acceptors (Lipinski definition) is 2. The quantitative estimate of drug-likeness (QED) is 0.870. The molecule has 1 fully saturated rings. The first kappa shape index (κ1) is 18.0. The number of para-hydroxylation sites is 1. The van der Waals surface area contributed by atoms with Crippen LogP contribution in [0.25, 0.3) is 0 Å². The maximum Gasteiger partial charge on any atom is 0.230 e. The Morgan fingerprint density at radius 2 is 1.93 bits per heavy atom. The van der Waals surface area contributed by atoms with Gasteiger partial charge < -0.3 is 10.1 Å². The van der Waals surface area contributed by atoms with Gasteiger partial charge in [-0.15, -0.1) is 0 Å². The summed E-state index contributed by atoms with van der Waals surface area (Å²) in [7, 11) is 0. The van der Waals surface area contributed by atoms with Gasteiger partial charge in [-0.2, -0.15) is 0 Å². The van der Waals surface area contributed by atoms with Crippen LogP contribution in [-0.2, 0) is 16.6 Å². The van der Waals surface area contributed by atoms with E-state index < -0.39 is 5.41 Å². The molecule has 1 saturated carbocycles. The molecule has 27 heavy (non-hydrogen) atoms. The predicted octanol–water partition coefficient (Wildman–Crippen LogP) is 4.40. The van der Waals surface area contributed by atoms with Gasteiger partial charge in [-0.3, -0.25) is 4.79 Å². The Bertz CT molecular complexity index is 814. The highest BCUT2D eigenvalue weighted by molar-refractivity contribution is 5.88. The lowest BCUT2D eigenvalue weighted by Gasteiger charge is -2.37. The van der Waals surface area contributed by atoms with Crippen LogP contribution in [0, 0.1) is 11.7 Å². The largest absolute Gasteiger partial charge is 0.493 e. The van der Waals surface area contributed by atoms with Gasteiger partial charge in [-0.05, 0) is 48.6 Å². The van der Waals surface area contributed by atoms with Crippen molar-refractivity contribution in [2.75, 3.05) is 13.2 Å². The van der Waals surface area contributed by atoms with Crippen LogP contribution in [0.15, 0.2) is 48.5 Å². The minimum absolute atomic E-state index is 0.0339. The second-order valence-electron chi connectivity index (χ2n) is 7.85. The molecule has 1 aliphatic heterocycles. The van der Waals surface area contributed by atoms with Crippen LogP contribution in [0.4, 0.5) is 4.39 Å². The van der Waals surface area contributed by atoms with Crippen LogP contribution < -0.4 is 10.1 Å². The maximum absolute atomic E-state index is 13.8. The first-order valence-corrected chi connectivity index (χ1v) is 9.92. The second kappa shape index (κ2) is 7.71. The number of fused-ring (bicyclic) bond motifs is 1. The van der Waals surface area contributed by atoms with Crippen LogP contribution >= 0.6 is 0 Å². The molecule has 1 atom stereocenters. The molecular weight excluding hydrogens is 341 g/mol. The van der Waals surface area contributed by atoms with E-state index in [2.05, 4.69) is 11.4 Å². The number of hydrogen-bond donors (Lipinski definition) is 1. The molecule has 0 unspecified atom stereocenters. The summed E-state index contributed by atoms with van der Waals surface area (Å²) in [5.41, 5.74) is 1.40. The Balaban J connectivity index is 1.47. The smallest absolute Gasteiger partial charge is 0.230 e. The molecule has 1 amide bonds. The molecular formula is C23H26FNO2. The van der Waals surface area contributed by atoms with E-state index >= 15 is 0 Å². The zero-order valence-corrected chi connectivity index (χ0v) is 15.5. The minimum Gasteiger partial charge on any atom is -0.493 e. The summed E-state index contributed by atoms with van der Waals surface area (Å²) in [5, 5.41) is 3.17. The summed E-state index contributed by atoms with van der Waals surface area (Å²) in [6.07, 6.45) is 5.62. The van der Waals surface area contributed by atoms with Gasteiger partial charge >= 0.3 is 0 Å². The third kappa shape index (κ3) is 3.71. The van der Waals surface area contributed by atoms with Crippen molar-refractivity contribution in [2.24, 2.45) is 5.92 Å². The molecule has 2 aromatic carbocycles. The second-order valence-corrected chi connectivity index (χ2v) is 7.85. The van der Waals surface area contributed by atoms with E-state index in [-0.39, 0.29) is 17.6 Å². The monoisotopic (exact) mass is 367 g/mol. The van der Waals surface area contributed by atoms with Gasteiger partial charge in [0.1, 0.15) is 11.6 Å². The molecule has 1 N–H and O–H groups in total. The Kier molecular flexibility index (Phi) is 5.15. The number of rotatable bonds is 4. The van der Waals surface area contributed by atoms with E-state index in [9.17, 15) is 9.18 Å². The van der Waals surface area contributed by atoms with Crippen molar-refractivity contribution >= 4 is 5.91 Å². The van der Waals surface area contributed by atoms with E-state index in [1.54, 1.807) is 6.07 Å². The topological polar surface area (TPSA) is 38.3 Å². The first-order valence-electron chi connectivity index (χ1n) is 9.92. The molecule has 0 bridgehead atoms. The van der Waals surface area contributed by atoms with Gasteiger partial charge in [-0.1, -0.05) is 49.6 Å². The standard InChI is InChI=1S/C23H26FNO2/c24-20-9-6-8-19(14-20)23(11-4-1-5-12-23)22(26)25-15-17-13-18-7-2-3-10-21(18)27-16-17/h2-3,6-10,14,17H,1,4-5,11-13,15-16H2,(H,25,26)/t17-/m1/s1. The normalized spacial score (nSPS) is 21.0. The predicted molar refractivity (Wildman–Crippen MR) is 103 cm³/mol. The number of benzene rings is 2. The lowest BCUT2D eigenvalue weighted by molar-refractivity contribution is -0.128. The van der Waals surface area contributed by atoms with Crippen LogP contribution in [0.2, 0.25) is 0 Å². The lowest BCUT2D eigenvalue weighted by atomic mass is 9.68. The van der Waals surface area contributed by atoms with E-state index in [0.717, 1.165) is 49.8 Å². The summed E-state index contributed by atoms with van der Waals surface area (Å²) >= 11 is 0. The fraction of sp³-hybridized carbons (Fsp3) is 0.435. The van der Waals surface area contributed by atoms with Crippen molar-refractivity contribution in [1.82, 2.24) is 5.32 Å². The van der Waals surface area contributed by atoms with Gasteiger partial charge in [0.15, 0.2) is 0 Å². The van der Waals surface area contributed by atoms with Crippen molar-refractivity contribution in [3.8, 4) is 5.75 Å². The van der Waals surface area contributed by atoms with E-state index in [4.69, 9.17) is 4.74 Å². The zero-order valence-electron chi connectivity index (χ0n) is 15.5. The Morgan fingerprint density at radius 3 is 2.74 bits per heavy atom. The molecule has 2 aromatic rings. The molecule has 3 nitrogen and oxygen atoms in total. The third-order valence-corrected chi connectivity index (χ3v) is 6.03. The minimum atomic E-state index is -0.603. The van der Waals surface area contributed by atoms with E-state index in [1.165, 1.54) is 17.7 Å². The molecule has 4 rings (SSSR count). The van der Waals surface area contributed by atoms with Crippen LogP contribution in [0.5, 0.6) is 5.75 Å². The summed E-state index contributed by atoms with van der Waals surface area (Å²) in [6.45, 7) is 1.20. The van der Waals surface area contributed by atoms with Crippen LogP contribution in [0.1, 0.15) is 43.2 Å². The average molecular weight is 367 g/mol. The van der Waals surface area contributed by atoms with E-state index in [0.29, 0.717) is 13.2 Å². The zero-order chi connectivity index (χ0) is 18.7. The number of ether oxygens (including phenoxy) is 1. The maximum atomic E-state index is 13.8. The highest BCUT2D eigenvalue weighted by Crippen LogP contribution is 2.40. The molecule has 2 aliphatic rings. The molecule has 0 saturated heterocycles. The molecule has 4 heteroatoms. The highest BCUT2D eigenvalue weighted by Gasteiger charge is 2.41. The van der Waals surface area contributed by atoms with Gasteiger partial charge in [0.25, 0.3) is 0 Å². The Labute approximate surface area is 159 Å². The summed E-state index contributed by atoms with van der Waals surface area (Å²) in [4.78, 5) is 13.2. The van der Waals surface area contributed by atoms with Gasteiger partial charge in [0, 0.05) is 12.5 Å². The fourth-order valence-corrected chi connectivity index (χ4v) is 4.52. The fourth-order valence-electron chi connectivity index (χ4n) is 4.52. The Morgan fingerprint density at radius 1 is 1.11 bits per heavy atom. The number of nitrogens with one attached hydrogen (secondary N) is 1. The van der Waals surface area contributed by atoms with Crippen molar-refractivity contribution in [3.63, 3.8) is 0 Å². The molecule has 142 valence electrons. The van der Waals surface area contributed by atoms with Gasteiger partial charge in [0.05, 0.1) is 12.0 Å². The van der Waals surface area contributed by atoms with Crippen LogP contribution in [-0.4, -0.2) is 19.1 Å². The number of amides is 1. The molecule has 0 spiro atoms. The molecule has 0 aromatic heterocycles. The summed E-state index contributed by atoms with van der Waals surface area (Å²) < 4.78 is 19.7. The van der Waals surface area contributed by atoms with Gasteiger partial charge in [0.2, 0.25) is 5.91 Å². The molecule has 1 aliphatic carbocycles. The van der Waals surface area contributed by atoms with Crippen molar-refractivity contribution in [1.29, 1.82) is 0 Å².